The highest BCUT2D eigenvalue weighted by Gasteiger charge is 2.37. The fourth-order valence-corrected chi connectivity index (χ4v) is 5.17. The number of thiazole rings is 1. The zero-order valence-corrected chi connectivity index (χ0v) is 15.0. The van der Waals surface area contributed by atoms with Crippen LogP contribution in [0.15, 0.2) is 11.6 Å². The number of thioether (sulfide) groups is 1. The first-order valence-electron chi connectivity index (χ1n) is 8.23. The number of carbonyl (C=O) groups is 1. The Bertz CT molecular complexity index is 490. The molecule has 1 heterocycles. The summed E-state index contributed by atoms with van der Waals surface area (Å²) in [5, 5.41) is 7.00. The molecule has 2 aliphatic carbocycles. The van der Waals surface area contributed by atoms with E-state index in [1.54, 1.807) is 11.3 Å². The Labute approximate surface area is 141 Å². The summed E-state index contributed by atoms with van der Waals surface area (Å²) < 4.78 is 0. The van der Waals surface area contributed by atoms with Crippen molar-refractivity contribution in [3.8, 4) is 0 Å². The molecule has 0 saturated heterocycles. The summed E-state index contributed by atoms with van der Waals surface area (Å²) in [6.07, 6.45) is 7.73. The molecule has 2 fully saturated rings. The van der Waals surface area contributed by atoms with Gasteiger partial charge in [0.2, 0.25) is 0 Å². The molecule has 2 aliphatic rings. The van der Waals surface area contributed by atoms with E-state index >= 15 is 0 Å². The van der Waals surface area contributed by atoms with Crippen LogP contribution >= 0.6 is 23.1 Å². The number of amides is 2. The molecule has 3 atom stereocenters. The Morgan fingerprint density at radius 1 is 1.50 bits per heavy atom. The summed E-state index contributed by atoms with van der Waals surface area (Å²) in [6, 6.07) is 0.566. The van der Waals surface area contributed by atoms with Gasteiger partial charge in [-0.25, -0.2) is 9.78 Å². The van der Waals surface area contributed by atoms with Crippen LogP contribution in [0.5, 0.6) is 0 Å². The van der Waals surface area contributed by atoms with E-state index in [1.165, 1.54) is 25.0 Å². The molecule has 2 saturated carbocycles. The predicted octanol–water partition coefficient (Wildman–Crippen LogP) is 3.91. The highest BCUT2D eigenvalue weighted by atomic mass is 32.2. The zero-order chi connectivity index (χ0) is 15.5. The van der Waals surface area contributed by atoms with Crippen molar-refractivity contribution in [3.05, 3.63) is 16.6 Å². The lowest BCUT2D eigenvalue weighted by Crippen LogP contribution is -2.44. The average Bonchev–Trinajstić information content (AvgIpc) is 3.01. The molecule has 1 aromatic rings. The van der Waals surface area contributed by atoms with Crippen LogP contribution in [-0.4, -0.2) is 40.0 Å². The minimum absolute atomic E-state index is 0.0687. The second-order valence-electron chi connectivity index (χ2n) is 6.29. The third-order valence-corrected chi connectivity index (χ3v) is 6.81. The van der Waals surface area contributed by atoms with E-state index < -0.39 is 0 Å². The lowest BCUT2D eigenvalue weighted by molar-refractivity contribution is 0.185. The number of hydrogen-bond donors (Lipinski definition) is 1. The molecule has 6 heteroatoms. The van der Waals surface area contributed by atoms with Crippen molar-refractivity contribution in [3.63, 3.8) is 0 Å². The summed E-state index contributed by atoms with van der Waals surface area (Å²) >= 11 is 3.68. The maximum atomic E-state index is 12.6. The van der Waals surface area contributed by atoms with Crippen molar-refractivity contribution >= 4 is 29.1 Å². The predicted molar refractivity (Wildman–Crippen MR) is 93.4 cm³/mol. The van der Waals surface area contributed by atoms with Gasteiger partial charge in [0, 0.05) is 29.9 Å². The second-order valence-corrected chi connectivity index (χ2v) is 8.79. The van der Waals surface area contributed by atoms with Crippen LogP contribution in [0.1, 0.15) is 50.1 Å². The number of aromatic nitrogens is 1. The van der Waals surface area contributed by atoms with Gasteiger partial charge in [-0.1, -0.05) is 6.92 Å². The highest BCUT2D eigenvalue weighted by Crippen LogP contribution is 2.41. The van der Waals surface area contributed by atoms with E-state index in [0.29, 0.717) is 12.0 Å². The molecule has 1 aromatic heterocycles. The molecule has 0 aromatic carbocycles. The molecule has 3 rings (SSSR count). The van der Waals surface area contributed by atoms with Gasteiger partial charge in [0.15, 0.2) is 0 Å². The lowest BCUT2D eigenvalue weighted by atomic mass is 10.2. The van der Waals surface area contributed by atoms with Gasteiger partial charge in [0.05, 0.1) is 6.04 Å². The standard InChI is InChI=1S/C16H25N3OS2/c1-3-21-13-7-6-12(10-13)19(2)16(20)18-14(11-4-5-11)15-17-8-9-22-15/h8-9,11-14H,3-7,10H2,1-2H3,(H,18,20)/t12-,13-,14-/m1/s1. The summed E-state index contributed by atoms with van der Waals surface area (Å²) in [4.78, 5) is 19.0. The van der Waals surface area contributed by atoms with Gasteiger partial charge in [-0.3, -0.25) is 0 Å². The third kappa shape index (κ3) is 3.77. The Morgan fingerprint density at radius 3 is 2.95 bits per heavy atom. The SMILES string of the molecule is CCS[C@@H]1CC[C@@H](N(C)C(=O)N[C@@H](c2nccs2)C2CC2)C1. The molecule has 0 radical (unpaired) electrons. The van der Waals surface area contributed by atoms with Gasteiger partial charge >= 0.3 is 6.03 Å². The molecule has 2 amide bonds. The van der Waals surface area contributed by atoms with Crippen LogP contribution in [0.2, 0.25) is 0 Å². The average molecular weight is 340 g/mol. The van der Waals surface area contributed by atoms with Crippen LogP contribution in [0.4, 0.5) is 4.79 Å². The Kier molecular flexibility index (Phi) is 5.29. The largest absolute Gasteiger partial charge is 0.328 e. The highest BCUT2D eigenvalue weighted by molar-refractivity contribution is 7.99. The lowest BCUT2D eigenvalue weighted by Gasteiger charge is -2.27. The van der Waals surface area contributed by atoms with Crippen molar-refractivity contribution in [2.75, 3.05) is 12.8 Å². The van der Waals surface area contributed by atoms with Gasteiger partial charge in [-0.2, -0.15) is 11.8 Å². The minimum atomic E-state index is 0.0687. The number of hydrogen-bond acceptors (Lipinski definition) is 4. The minimum Gasteiger partial charge on any atom is -0.328 e. The molecule has 0 spiro atoms. The summed E-state index contributed by atoms with van der Waals surface area (Å²) in [5.41, 5.74) is 0. The van der Waals surface area contributed by atoms with Crippen LogP contribution in [0, 0.1) is 5.92 Å². The maximum absolute atomic E-state index is 12.6. The number of urea groups is 1. The summed E-state index contributed by atoms with van der Waals surface area (Å²) in [5.74, 6) is 1.75. The molecule has 0 aliphatic heterocycles. The molecule has 0 bridgehead atoms. The molecular formula is C16H25N3OS2. The monoisotopic (exact) mass is 339 g/mol. The van der Waals surface area contributed by atoms with Crippen LogP contribution in [-0.2, 0) is 0 Å². The van der Waals surface area contributed by atoms with Crippen molar-refractivity contribution in [2.45, 2.75) is 56.4 Å². The quantitative estimate of drug-likeness (QED) is 0.854. The van der Waals surface area contributed by atoms with E-state index in [4.69, 9.17) is 0 Å². The first kappa shape index (κ1) is 16.1. The molecule has 22 heavy (non-hydrogen) atoms. The van der Waals surface area contributed by atoms with Gasteiger partial charge in [-0.05, 0) is 43.8 Å². The summed E-state index contributed by atoms with van der Waals surface area (Å²) in [7, 11) is 1.95. The molecular weight excluding hydrogens is 314 g/mol. The van der Waals surface area contributed by atoms with Crippen molar-refractivity contribution in [1.29, 1.82) is 0 Å². The fourth-order valence-electron chi connectivity index (χ4n) is 3.26. The molecule has 122 valence electrons. The van der Waals surface area contributed by atoms with E-state index in [0.717, 1.165) is 23.1 Å². The zero-order valence-electron chi connectivity index (χ0n) is 13.3. The number of rotatable bonds is 6. The normalized spacial score (nSPS) is 25.9. The fraction of sp³-hybridized carbons (Fsp3) is 0.750. The van der Waals surface area contributed by atoms with E-state index in [2.05, 4.69) is 17.2 Å². The van der Waals surface area contributed by atoms with E-state index in [1.807, 2.05) is 35.3 Å². The van der Waals surface area contributed by atoms with Gasteiger partial charge in [0.1, 0.15) is 5.01 Å². The first-order valence-corrected chi connectivity index (χ1v) is 10.2. The molecule has 4 nitrogen and oxygen atoms in total. The van der Waals surface area contributed by atoms with Gasteiger partial charge < -0.3 is 10.2 Å². The van der Waals surface area contributed by atoms with Crippen LogP contribution in [0.25, 0.3) is 0 Å². The number of carbonyl (C=O) groups excluding carboxylic acids is 1. The summed E-state index contributed by atoms with van der Waals surface area (Å²) in [6.45, 7) is 2.21. The Morgan fingerprint density at radius 2 is 2.32 bits per heavy atom. The van der Waals surface area contributed by atoms with E-state index in [-0.39, 0.29) is 12.1 Å². The smallest absolute Gasteiger partial charge is 0.317 e. The van der Waals surface area contributed by atoms with Crippen LogP contribution in [0.3, 0.4) is 0 Å². The molecule has 0 unspecified atom stereocenters. The Balaban J connectivity index is 1.56. The third-order valence-electron chi connectivity index (χ3n) is 4.72. The van der Waals surface area contributed by atoms with Gasteiger partial charge in [-0.15, -0.1) is 11.3 Å². The van der Waals surface area contributed by atoms with Crippen molar-refractivity contribution in [1.82, 2.24) is 15.2 Å². The van der Waals surface area contributed by atoms with E-state index in [9.17, 15) is 4.79 Å². The topological polar surface area (TPSA) is 45.2 Å². The van der Waals surface area contributed by atoms with Crippen molar-refractivity contribution < 1.29 is 4.79 Å². The first-order chi connectivity index (χ1) is 10.7. The maximum Gasteiger partial charge on any atom is 0.317 e. The number of nitrogens with one attached hydrogen (secondary N) is 1. The Hall–Kier alpha value is -0.750. The number of nitrogens with zero attached hydrogens (tertiary/aromatic N) is 2. The van der Waals surface area contributed by atoms with Crippen molar-refractivity contribution in [2.24, 2.45) is 5.92 Å². The van der Waals surface area contributed by atoms with Crippen LogP contribution < -0.4 is 5.32 Å². The second kappa shape index (κ2) is 7.21. The van der Waals surface area contributed by atoms with Gasteiger partial charge in [0.25, 0.3) is 0 Å². The molecule has 1 N–H and O–H groups in total.